The van der Waals surface area contributed by atoms with Crippen molar-refractivity contribution in [1.29, 1.82) is 0 Å². The average molecular weight is 125 g/mol. The van der Waals surface area contributed by atoms with Crippen molar-refractivity contribution >= 4 is 17.4 Å². The topological polar surface area (TPSA) is 32.3 Å². The van der Waals surface area contributed by atoms with Gasteiger partial charge in [0.25, 0.3) is 0 Å². The maximum atomic E-state index is 9.40. The molecule has 35 valence electrons. The molecule has 0 aliphatic carbocycles. The molecule has 3 radical (unpaired) electrons. The molecule has 0 N–H and O–H groups in total. The summed E-state index contributed by atoms with van der Waals surface area (Å²) in [5.41, 5.74) is 0. The Balaban J connectivity index is -0.0000000800. The molecule has 0 spiro atoms. The van der Waals surface area contributed by atoms with Crippen LogP contribution in [-0.2, 0) is 4.74 Å². The second-order valence-corrected chi connectivity index (χ2v) is 0.697. The Morgan fingerprint density at radius 3 is 2.00 bits per heavy atom. The molecule has 0 aliphatic heterocycles. The summed E-state index contributed by atoms with van der Waals surface area (Å²) in [6.45, 7) is 0.205. The van der Waals surface area contributed by atoms with Gasteiger partial charge in [-0.2, -0.15) is 0 Å². The minimum Gasteiger partial charge on any atom is -0.853 e. The van der Waals surface area contributed by atoms with Crippen LogP contribution in [0.3, 0.4) is 0 Å². The first kappa shape index (κ1) is 15.8. The third-order valence-electron chi connectivity index (χ3n) is 0.287. The summed E-state index contributed by atoms with van der Waals surface area (Å²) in [7, 11) is 1.51. The van der Waals surface area contributed by atoms with Crippen LogP contribution < -0.4 is 34.7 Å². The van der Waals surface area contributed by atoms with E-state index < -0.39 is 0 Å². The van der Waals surface area contributed by atoms with E-state index >= 15 is 0 Å². The molecule has 7 heavy (non-hydrogen) atoms. The summed E-state index contributed by atoms with van der Waals surface area (Å²) in [5, 5.41) is 9.40. The second kappa shape index (κ2) is 15.7. The zero-order chi connectivity index (χ0) is 4.12. The van der Waals surface area contributed by atoms with Crippen LogP contribution in [-0.4, -0.2) is 37.7 Å². The zero-order valence-electron chi connectivity index (χ0n) is 4.81. The van der Waals surface area contributed by atoms with Gasteiger partial charge in [-0.1, -0.05) is 0 Å². The Morgan fingerprint density at radius 1 is 1.57 bits per heavy atom. The second-order valence-electron chi connectivity index (χ2n) is 0.697. The summed E-state index contributed by atoms with van der Waals surface area (Å²) in [6.07, 6.45) is 0. The average Bonchev–Trinajstić information content (AvgIpc) is 1.41. The fourth-order valence-corrected chi connectivity index (χ4v) is 0.0833. The summed E-state index contributed by atoms with van der Waals surface area (Å²) in [6, 6.07) is 0. The number of ether oxygens (including phenoxy) is 1. The van der Waals surface area contributed by atoms with Crippen LogP contribution in [0.1, 0.15) is 0 Å². The quantitative estimate of drug-likeness (QED) is 0.349. The summed E-state index contributed by atoms with van der Waals surface area (Å²) in [5.74, 6) is 0. The maximum absolute atomic E-state index is 9.40. The van der Waals surface area contributed by atoms with Crippen molar-refractivity contribution in [3.8, 4) is 0 Å². The van der Waals surface area contributed by atoms with Crippen molar-refractivity contribution in [2.24, 2.45) is 0 Å². The van der Waals surface area contributed by atoms with Crippen molar-refractivity contribution in [3.63, 3.8) is 0 Å². The van der Waals surface area contributed by atoms with Crippen LogP contribution in [0.5, 0.6) is 0 Å². The standard InChI is InChI=1S/C3H7O2.Al.Na/c1-5-3-2-4;;/h2-3H2,1H3;;/q-1;;+1. The third-order valence-corrected chi connectivity index (χ3v) is 0.287. The van der Waals surface area contributed by atoms with Gasteiger partial charge in [0.05, 0.1) is 0 Å². The van der Waals surface area contributed by atoms with E-state index in [1.54, 1.807) is 0 Å². The summed E-state index contributed by atoms with van der Waals surface area (Å²) >= 11 is 0. The number of hydrogen-bond acceptors (Lipinski definition) is 2. The van der Waals surface area contributed by atoms with E-state index in [-0.39, 0.29) is 53.5 Å². The Bertz CT molecular complexity index is 20.4. The van der Waals surface area contributed by atoms with E-state index in [4.69, 9.17) is 0 Å². The molecule has 0 aromatic rings. The minimum absolute atomic E-state index is 0. The van der Waals surface area contributed by atoms with E-state index in [0.29, 0.717) is 6.61 Å². The molecule has 0 heterocycles. The molecule has 4 heteroatoms. The fourth-order valence-electron chi connectivity index (χ4n) is 0.0833. The predicted molar refractivity (Wildman–Crippen MR) is 22.5 cm³/mol. The van der Waals surface area contributed by atoms with Crippen LogP contribution in [0, 0.1) is 0 Å². The van der Waals surface area contributed by atoms with Crippen molar-refractivity contribution in [2.45, 2.75) is 0 Å². The molecular formula is C3H7AlNaO2. The molecule has 0 amide bonds. The van der Waals surface area contributed by atoms with Gasteiger partial charge in [0.15, 0.2) is 0 Å². The number of methoxy groups -OCH3 is 1. The number of hydrogen-bond donors (Lipinski definition) is 0. The monoisotopic (exact) mass is 125 g/mol. The van der Waals surface area contributed by atoms with Gasteiger partial charge in [-0.05, 0) is 0 Å². The maximum Gasteiger partial charge on any atom is 1.00 e. The Morgan fingerprint density at radius 2 is 2.00 bits per heavy atom. The molecule has 0 aliphatic rings. The van der Waals surface area contributed by atoms with Gasteiger partial charge in [-0.25, -0.2) is 0 Å². The van der Waals surface area contributed by atoms with Crippen LogP contribution in [0.4, 0.5) is 0 Å². The van der Waals surface area contributed by atoms with E-state index in [9.17, 15) is 5.11 Å². The largest absolute Gasteiger partial charge is 1.00 e. The Labute approximate surface area is 76.7 Å². The van der Waals surface area contributed by atoms with Crippen LogP contribution >= 0.6 is 0 Å². The zero-order valence-corrected chi connectivity index (χ0v) is 7.96. The van der Waals surface area contributed by atoms with Gasteiger partial charge in [-0.3, -0.25) is 0 Å². The van der Waals surface area contributed by atoms with Crippen molar-refractivity contribution in [1.82, 2.24) is 0 Å². The molecule has 0 atom stereocenters. The molecule has 0 saturated carbocycles. The molecule has 0 unspecified atom stereocenters. The SMILES string of the molecule is COCC[O-].[Al].[Na+]. The molecule has 2 nitrogen and oxygen atoms in total. The van der Waals surface area contributed by atoms with Crippen molar-refractivity contribution in [3.05, 3.63) is 0 Å². The fraction of sp³-hybridized carbons (Fsp3) is 1.00. The minimum atomic E-state index is -0.128. The molecule has 0 fully saturated rings. The van der Waals surface area contributed by atoms with Gasteiger partial charge in [0.1, 0.15) is 0 Å². The van der Waals surface area contributed by atoms with Gasteiger partial charge in [-0.15, -0.1) is 6.61 Å². The van der Waals surface area contributed by atoms with Crippen LogP contribution in [0.2, 0.25) is 0 Å². The molecule has 0 bridgehead atoms. The normalized spacial score (nSPS) is 6.00. The van der Waals surface area contributed by atoms with Crippen LogP contribution in [0.15, 0.2) is 0 Å². The van der Waals surface area contributed by atoms with E-state index in [1.165, 1.54) is 7.11 Å². The third kappa shape index (κ3) is 18.6. The molecular weight excluding hydrogens is 118 g/mol. The first-order valence-corrected chi connectivity index (χ1v) is 1.49. The first-order chi connectivity index (χ1) is 2.41. The van der Waals surface area contributed by atoms with E-state index in [2.05, 4.69) is 4.74 Å². The predicted octanol–water partition coefficient (Wildman–Crippen LogP) is -4.38. The van der Waals surface area contributed by atoms with E-state index in [0.717, 1.165) is 0 Å². The number of rotatable bonds is 2. The molecule has 0 saturated heterocycles. The van der Waals surface area contributed by atoms with Gasteiger partial charge in [0, 0.05) is 31.1 Å². The molecule has 0 rings (SSSR count). The van der Waals surface area contributed by atoms with Gasteiger partial charge < -0.3 is 9.84 Å². The van der Waals surface area contributed by atoms with Crippen LogP contribution in [0.25, 0.3) is 0 Å². The van der Waals surface area contributed by atoms with Crippen molar-refractivity contribution < 1.29 is 39.4 Å². The Kier molecular flexibility index (Phi) is 35.3. The molecule has 0 aromatic carbocycles. The first-order valence-electron chi connectivity index (χ1n) is 1.49. The van der Waals surface area contributed by atoms with Gasteiger partial charge >= 0.3 is 29.6 Å². The summed E-state index contributed by atoms with van der Waals surface area (Å²) in [4.78, 5) is 0. The van der Waals surface area contributed by atoms with Gasteiger partial charge in [0.2, 0.25) is 0 Å². The Hall–Kier alpha value is 1.45. The van der Waals surface area contributed by atoms with Crippen molar-refractivity contribution in [2.75, 3.05) is 20.3 Å². The smallest absolute Gasteiger partial charge is 0.853 e. The van der Waals surface area contributed by atoms with E-state index in [1.807, 2.05) is 0 Å². The molecule has 0 aromatic heterocycles. The summed E-state index contributed by atoms with van der Waals surface area (Å²) < 4.78 is 4.38.